The molecule has 0 unspecified atom stereocenters. The first-order valence-corrected chi connectivity index (χ1v) is 10.8. The Kier molecular flexibility index (Phi) is 6.72. The second kappa shape index (κ2) is 8.45. The van der Waals surface area contributed by atoms with Gasteiger partial charge in [-0.2, -0.15) is 0 Å². The summed E-state index contributed by atoms with van der Waals surface area (Å²) < 4.78 is 31.6. The number of anilines is 1. The summed E-state index contributed by atoms with van der Waals surface area (Å²) in [4.78, 5) is 16.8. The molecule has 152 valence electrons. The molecular formula is C18H29N3O5S. The van der Waals surface area contributed by atoms with Gasteiger partial charge >= 0.3 is 0 Å². The lowest BCUT2D eigenvalue weighted by molar-refractivity contribution is 0.0363. The number of likely N-dealkylation sites (N-methyl/N-ethyl adjacent to an activating group) is 1. The molecule has 0 bridgehead atoms. The van der Waals surface area contributed by atoms with Crippen molar-refractivity contribution in [1.82, 2.24) is 9.80 Å². The van der Waals surface area contributed by atoms with E-state index in [1.807, 2.05) is 25.9 Å². The molecule has 0 spiro atoms. The summed E-state index contributed by atoms with van der Waals surface area (Å²) in [5, 5.41) is 9.59. The third-order valence-electron chi connectivity index (χ3n) is 4.51. The number of aliphatic hydroxyl groups excluding tert-OH is 1. The zero-order chi connectivity index (χ0) is 20.4. The van der Waals surface area contributed by atoms with Crippen molar-refractivity contribution in [1.29, 1.82) is 0 Å². The first-order valence-electron chi connectivity index (χ1n) is 8.87. The van der Waals surface area contributed by atoms with Gasteiger partial charge in [-0.05, 0) is 39.2 Å². The van der Waals surface area contributed by atoms with Gasteiger partial charge in [0.25, 0.3) is 5.91 Å². The van der Waals surface area contributed by atoms with Crippen molar-refractivity contribution < 1.29 is 23.1 Å². The number of sulfonamides is 1. The molecule has 8 nitrogen and oxygen atoms in total. The van der Waals surface area contributed by atoms with Crippen molar-refractivity contribution in [2.24, 2.45) is 5.92 Å². The molecule has 9 heteroatoms. The number of carbonyl (C=O) groups excluding carboxylic acids is 1. The van der Waals surface area contributed by atoms with E-state index in [1.165, 1.54) is 6.07 Å². The fourth-order valence-corrected chi connectivity index (χ4v) is 3.63. The van der Waals surface area contributed by atoms with Crippen molar-refractivity contribution in [3.05, 3.63) is 23.8 Å². The predicted octanol–water partition coefficient (Wildman–Crippen LogP) is 0.840. The highest BCUT2D eigenvalue weighted by Crippen LogP contribution is 2.30. The molecular weight excluding hydrogens is 370 g/mol. The van der Waals surface area contributed by atoms with E-state index in [9.17, 15) is 18.3 Å². The molecule has 0 radical (unpaired) electrons. The number of fused-ring (bicyclic) bond motifs is 1. The molecule has 1 aliphatic rings. The van der Waals surface area contributed by atoms with Gasteiger partial charge in [0, 0.05) is 24.7 Å². The van der Waals surface area contributed by atoms with Crippen molar-refractivity contribution >= 4 is 21.6 Å². The lowest BCUT2D eigenvalue weighted by atomic mass is 9.99. The van der Waals surface area contributed by atoms with Crippen molar-refractivity contribution in [3.63, 3.8) is 0 Å². The van der Waals surface area contributed by atoms with E-state index >= 15 is 0 Å². The molecule has 1 aliphatic heterocycles. The summed E-state index contributed by atoms with van der Waals surface area (Å²) in [5.41, 5.74) is 0.571. The average Bonchev–Trinajstić information content (AvgIpc) is 2.56. The summed E-state index contributed by atoms with van der Waals surface area (Å²) in [6.45, 7) is 4.74. The molecule has 2 N–H and O–H groups in total. The molecule has 0 aromatic heterocycles. The Morgan fingerprint density at radius 1 is 1.41 bits per heavy atom. The topological polar surface area (TPSA) is 99.2 Å². The second-order valence-corrected chi connectivity index (χ2v) is 9.22. The predicted molar refractivity (Wildman–Crippen MR) is 105 cm³/mol. The van der Waals surface area contributed by atoms with Gasteiger partial charge in [-0.3, -0.25) is 9.52 Å². The minimum atomic E-state index is -3.47. The molecule has 1 aromatic rings. The van der Waals surface area contributed by atoms with Crippen molar-refractivity contribution in [2.75, 3.05) is 44.8 Å². The Bertz CT molecular complexity index is 781. The van der Waals surface area contributed by atoms with Gasteiger partial charge in [0.15, 0.2) is 0 Å². The summed E-state index contributed by atoms with van der Waals surface area (Å²) in [6.07, 6.45) is 0.894. The normalized spacial score (nSPS) is 21.9. The van der Waals surface area contributed by atoms with Crippen LogP contribution in [-0.2, 0) is 10.0 Å². The molecule has 0 saturated heterocycles. The molecule has 3 atom stereocenters. The van der Waals surface area contributed by atoms with Crippen LogP contribution in [0.1, 0.15) is 24.2 Å². The molecule has 0 fully saturated rings. The van der Waals surface area contributed by atoms with E-state index in [4.69, 9.17) is 4.74 Å². The van der Waals surface area contributed by atoms with E-state index in [2.05, 4.69) is 4.72 Å². The van der Waals surface area contributed by atoms with Crippen molar-refractivity contribution in [3.8, 4) is 5.75 Å². The highest BCUT2D eigenvalue weighted by Gasteiger charge is 2.33. The van der Waals surface area contributed by atoms with Crippen LogP contribution in [0.25, 0.3) is 0 Å². The first-order chi connectivity index (χ1) is 12.5. The summed E-state index contributed by atoms with van der Waals surface area (Å²) >= 11 is 0. The number of hydrogen-bond acceptors (Lipinski definition) is 6. The zero-order valence-corrected chi connectivity index (χ0v) is 17.3. The molecule has 1 amide bonds. The minimum absolute atomic E-state index is 0.0484. The number of ether oxygens (including phenoxy) is 1. The Balaban J connectivity index is 2.51. The SMILES string of the molecule is C[C@H]1CN([C@@H](C)CO)C(=O)c2cc(NS(C)(=O)=O)ccc2O[C@@H]1CN(C)C. The van der Waals surface area contributed by atoms with Crippen LogP contribution in [0.5, 0.6) is 5.75 Å². The Morgan fingerprint density at radius 3 is 2.63 bits per heavy atom. The number of nitrogens with zero attached hydrogens (tertiary/aromatic N) is 2. The quantitative estimate of drug-likeness (QED) is 0.735. The number of amides is 1. The number of benzene rings is 1. The van der Waals surface area contributed by atoms with Crippen LogP contribution in [-0.4, -0.2) is 81.4 Å². The standard InChI is InChI=1S/C18H29N3O5S/c1-12-9-21(13(2)11-22)18(23)15-8-14(19-27(5,24)25)6-7-16(15)26-17(12)10-20(3)4/h6-8,12-13,17,19,22H,9-11H2,1-5H3/t12-,13-,17+/m0/s1. The molecule has 0 aliphatic carbocycles. The van der Waals surface area contributed by atoms with Crippen LogP contribution in [0.3, 0.4) is 0 Å². The van der Waals surface area contributed by atoms with Crippen LogP contribution in [0.2, 0.25) is 0 Å². The van der Waals surface area contributed by atoms with E-state index in [0.717, 1.165) is 6.26 Å². The van der Waals surface area contributed by atoms with Crippen LogP contribution in [0.4, 0.5) is 5.69 Å². The number of hydrogen-bond donors (Lipinski definition) is 2. The minimum Gasteiger partial charge on any atom is -0.488 e. The lowest BCUT2D eigenvalue weighted by Gasteiger charge is -2.37. The number of carbonyl (C=O) groups is 1. The van der Waals surface area contributed by atoms with Gasteiger partial charge in [0.1, 0.15) is 11.9 Å². The number of nitrogens with one attached hydrogen (secondary N) is 1. The molecule has 1 heterocycles. The summed E-state index contributed by atoms with van der Waals surface area (Å²) in [7, 11) is 0.435. The van der Waals surface area contributed by atoms with Gasteiger partial charge in [0.05, 0.1) is 24.5 Å². The number of aliphatic hydroxyl groups is 1. The number of rotatable bonds is 6. The zero-order valence-electron chi connectivity index (χ0n) is 16.5. The van der Waals surface area contributed by atoms with Gasteiger partial charge < -0.3 is 19.6 Å². The van der Waals surface area contributed by atoms with Crippen molar-refractivity contribution in [2.45, 2.75) is 26.0 Å². The highest BCUT2D eigenvalue weighted by atomic mass is 32.2. The first kappa shape index (κ1) is 21.5. The van der Waals surface area contributed by atoms with Gasteiger partial charge in [-0.25, -0.2) is 8.42 Å². The maximum Gasteiger partial charge on any atom is 0.258 e. The lowest BCUT2D eigenvalue weighted by Crippen LogP contribution is -2.49. The molecule has 27 heavy (non-hydrogen) atoms. The van der Waals surface area contributed by atoms with E-state index in [0.29, 0.717) is 24.5 Å². The molecule has 0 saturated carbocycles. The maximum atomic E-state index is 13.1. The third-order valence-corrected chi connectivity index (χ3v) is 5.12. The summed E-state index contributed by atoms with van der Waals surface area (Å²) in [5.74, 6) is 0.166. The molecule has 2 rings (SSSR count). The maximum absolute atomic E-state index is 13.1. The van der Waals surface area contributed by atoms with Crippen LogP contribution in [0.15, 0.2) is 18.2 Å². The average molecular weight is 400 g/mol. The Labute approximate surface area is 161 Å². The molecule has 1 aromatic carbocycles. The van der Waals surface area contributed by atoms with Crippen LogP contribution >= 0.6 is 0 Å². The highest BCUT2D eigenvalue weighted by molar-refractivity contribution is 7.92. The summed E-state index contributed by atoms with van der Waals surface area (Å²) in [6, 6.07) is 4.31. The second-order valence-electron chi connectivity index (χ2n) is 7.47. The monoisotopic (exact) mass is 399 g/mol. The fraction of sp³-hybridized carbons (Fsp3) is 0.611. The van der Waals surface area contributed by atoms with Crippen LogP contribution in [0, 0.1) is 5.92 Å². The Morgan fingerprint density at radius 2 is 2.07 bits per heavy atom. The van der Waals surface area contributed by atoms with E-state index in [1.54, 1.807) is 24.0 Å². The van der Waals surface area contributed by atoms with E-state index in [-0.39, 0.29) is 36.1 Å². The smallest absolute Gasteiger partial charge is 0.258 e. The van der Waals surface area contributed by atoms with Gasteiger partial charge in [0.2, 0.25) is 10.0 Å². The van der Waals surface area contributed by atoms with Gasteiger partial charge in [-0.15, -0.1) is 0 Å². The third kappa shape index (κ3) is 5.57. The Hall–Kier alpha value is -1.84. The van der Waals surface area contributed by atoms with E-state index < -0.39 is 10.0 Å². The van der Waals surface area contributed by atoms with Gasteiger partial charge in [-0.1, -0.05) is 6.92 Å². The fourth-order valence-electron chi connectivity index (χ4n) is 3.08. The largest absolute Gasteiger partial charge is 0.488 e. The van der Waals surface area contributed by atoms with Crippen LogP contribution < -0.4 is 9.46 Å².